The Labute approximate surface area is 247 Å². The average Bonchev–Trinajstić information content (AvgIpc) is 3.00. The number of rotatable bonds is 7. The molecule has 3 N–H and O–H groups in total. The van der Waals surface area contributed by atoms with E-state index in [1.54, 1.807) is 68.7 Å². The van der Waals surface area contributed by atoms with Gasteiger partial charge in [0, 0.05) is 44.2 Å². The maximum absolute atomic E-state index is 13.9. The van der Waals surface area contributed by atoms with E-state index in [0.29, 0.717) is 27.4 Å². The fourth-order valence-corrected chi connectivity index (χ4v) is 5.30. The first-order valence-electron chi connectivity index (χ1n) is 13.7. The zero-order chi connectivity index (χ0) is 29.8. The molecule has 1 aliphatic heterocycles. The molecule has 0 spiro atoms. The second-order valence-corrected chi connectivity index (χ2v) is 10.9. The molecule has 10 nitrogen and oxygen atoms in total. The van der Waals surface area contributed by atoms with E-state index in [1.165, 1.54) is 11.1 Å². The predicted molar refractivity (Wildman–Crippen MR) is 161 cm³/mol. The molecule has 1 aliphatic rings. The zero-order valence-corrected chi connectivity index (χ0v) is 24.1. The number of H-pyrrole nitrogens is 1. The molecule has 2 aromatic carbocycles. The predicted octanol–water partition coefficient (Wildman–Crippen LogP) is 4.37. The number of hydrogen-bond donors (Lipinski definition) is 3. The number of halogens is 1. The molecule has 42 heavy (non-hydrogen) atoms. The van der Waals surface area contributed by atoms with Crippen molar-refractivity contribution in [1.29, 1.82) is 0 Å². The van der Waals surface area contributed by atoms with Crippen LogP contribution in [0.25, 0.3) is 10.9 Å². The Balaban J connectivity index is 1.46. The number of carbonyl (C=O) groups excluding carboxylic acids is 2. The lowest BCUT2D eigenvalue weighted by Crippen LogP contribution is -2.37. The molecule has 2 amide bonds. The van der Waals surface area contributed by atoms with E-state index in [4.69, 9.17) is 16.3 Å². The Morgan fingerprint density at radius 3 is 2.52 bits per heavy atom. The molecule has 3 heterocycles. The first kappa shape index (κ1) is 29.1. The van der Waals surface area contributed by atoms with Crippen molar-refractivity contribution in [3.05, 3.63) is 98.9 Å². The van der Waals surface area contributed by atoms with Gasteiger partial charge in [0.1, 0.15) is 11.5 Å². The lowest BCUT2D eigenvalue weighted by molar-refractivity contribution is 0.0820. The maximum Gasteiger partial charge on any atom is 0.413 e. The number of piperidine rings is 1. The van der Waals surface area contributed by atoms with Crippen LogP contribution in [-0.2, 0) is 0 Å². The lowest BCUT2D eigenvalue weighted by atomic mass is 9.94. The second kappa shape index (κ2) is 12.6. The van der Waals surface area contributed by atoms with Gasteiger partial charge in [0.15, 0.2) is 11.2 Å². The minimum absolute atomic E-state index is 0.0323. The van der Waals surface area contributed by atoms with E-state index in [1.807, 2.05) is 6.07 Å². The smallest absolute Gasteiger partial charge is 0.409 e. The van der Waals surface area contributed by atoms with Gasteiger partial charge >= 0.3 is 6.09 Å². The van der Waals surface area contributed by atoms with Crippen LogP contribution >= 0.6 is 11.6 Å². The number of amides is 2. The molecular formula is C31H32ClN5O5. The van der Waals surface area contributed by atoms with Crippen LogP contribution in [0, 0.1) is 5.92 Å². The van der Waals surface area contributed by atoms with E-state index >= 15 is 0 Å². The van der Waals surface area contributed by atoms with Crippen molar-refractivity contribution in [2.45, 2.75) is 18.9 Å². The van der Waals surface area contributed by atoms with E-state index in [2.05, 4.69) is 20.2 Å². The number of nitrogens with one attached hydrogen (secondary N) is 2. The average molecular weight is 590 g/mol. The number of fused-ring (bicyclic) bond motifs is 1. The second-order valence-electron chi connectivity index (χ2n) is 10.5. The molecular weight excluding hydrogens is 558 g/mol. The van der Waals surface area contributed by atoms with E-state index in [9.17, 15) is 19.5 Å². The third-order valence-corrected chi connectivity index (χ3v) is 7.67. The van der Waals surface area contributed by atoms with Crippen LogP contribution < -0.4 is 20.4 Å². The molecule has 1 saturated heterocycles. The molecule has 1 fully saturated rings. The number of ether oxygens (including phenoxy) is 1. The summed E-state index contributed by atoms with van der Waals surface area (Å²) < 4.78 is 5.57. The van der Waals surface area contributed by atoms with Gasteiger partial charge in [-0.25, -0.2) is 9.78 Å². The van der Waals surface area contributed by atoms with Crippen molar-refractivity contribution in [3.63, 3.8) is 0 Å². The summed E-state index contributed by atoms with van der Waals surface area (Å²) in [6, 6.07) is 16.1. The summed E-state index contributed by atoms with van der Waals surface area (Å²) in [7, 11) is 3.16. The minimum atomic E-state index is -1.01. The van der Waals surface area contributed by atoms with Gasteiger partial charge in [0.05, 0.1) is 23.3 Å². The van der Waals surface area contributed by atoms with Gasteiger partial charge in [-0.1, -0.05) is 41.9 Å². The Kier molecular flexibility index (Phi) is 8.75. The summed E-state index contributed by atoms with van der Waals surface area (Å²) in [5, 5.41) is 12.9. The number of nitrogens with zero attached hydrogens (tertiary/aromatic N) is 3. The molecule has 11 heteroatoms. The summed E-state index contributed by atoms with van der Waals surface area (Å²) in [6.45, 7) is 1.77. The first-order valence-corrected chi connectivity index (χ1v) is 14.0. The van der Waals surface area contributed by atoms with Crippen LogP contribution in [-0.4, -0.2) is 65.8 Å². The number of aliphatic hydroxyl groups excluding tert-OH is 1. The van der Waals surface area contributed by atoms with Crippen LogP contribution in [0.2, 0.25) is 5.02 Å². The van der Waals surface area contributed by atoms with Gasteiger partial charge in [0.25, 0.3) is 5.91 Å². The summed E-state index contributed by atoms with van der Waals surface area (Å²) in [4.78, 5) is 51.5. The Morgan fingerprint density at radius 2 is 1.88 bits per heavy atom. The summed E-state index contributed by atoms with van der Waals surface area (Å²) in [5.41, 5.74) is 0.676. The van der Waals surface area contributed by atoms with Crippen molar-refractivity contribution in [1.82, 2.24) is 20.2 Å². The molecule has 4 aromatic rings. The highest BCUT2D eigenvalue weighted by atomic mass is 35.5. The molecule has 218 valence electrons. The third-order valence-electron chi connectivity index (χ3n) is 7.43. The van der Waals surface area contributed by atoms with E-state index < -0.39 is 23.5 Å². The van der Waals surface area contributed by atoms with Gasteiger partial charge in [-0.2, -0.15) is 0 Å². The molecule has 2 aromatic heterocycles. The number of aromatic nitrogens is 2. The largest absolute Gasteiger partial charge is 0.413 e. The number of hydrogen-bond acceptors (Lipinski definition) is 7. The Morgan fingerprint density at radius 1 is 1.14 bits per heavy atom. The van der Waals surface area contributed by atoms with Crippen LogP contribution in [0.15, 0.2) is 71.7 Å². The normalized spacial score (nSPS) is 14.4. The molecule has 1 atom stereocenters. The molecule has 0 saturated carbocycles. The van der Waals surface area contributed by atoms with Gasteiger partial charge in [-0.05, 0) is 54.7 Å². The highest BCUT2D eigenvalue weighted by Crippen LogP contribution is 2.27. The molecule has 1 unspecified atom stereocenters. The number of anilines is 1. The maximum atomic E-state index is 13.9. The standard InChI is InChI=1S/C31H32ClN5O5/c1-36(2)30(40)28-26(29(39)23-10-8-21(32)16-24(23)34-28)27(20-6-4-3-5-7-20)35-31(41)42-22-9-11-25(33-17-22)37-14-12-19(18-38)13-15-37/h3-11,16-17,19,27,38H,12-15,18H2,1-2H3,(H,34,39)(H,35,41). The van der Waals surface area contributed by atoms with Gasteiger partial charge < -0.3 is 29.9 Å². The minimum Gasteiger partial charge on any atom is -0.409 e. The van der Waals surface area contributed by atoms with Crippen molar-refractivity contribution in [2.24, 2.45) is 5.92 Å². The Bertz CT molecular complexity index is 1630. The fraction of sp³-hybridized carbons (Fsp3) is 0.290. The zero-order valence-electron chi connectivity index (χ0n) is 23.3. The first-order chi connectivity index (χ1) is 20.2. The summed E-state index contributed by atoms with van der Waals surface area (Å²) in [5.74, 6) is 0.852. The number of aliphatic hydroxyl groups is 1. The highest BCUT2D eigenvalue weighted by Gasteiger charge is 2.29. The molecule has 5 rings (SSSR count). The molecule has 0 aliphatic carbocycles. The topological polar surface area (TPSA) is 128 Å². The summed E-state index contributed by atoms with van der Waals surface area (Å²) >= 11 is 6.17. The number of benzene rings is 2. The highest BCUT2D eigenvalue weighted by molar-refractivity contribution is 6.31. The quantitative estimate of drug-likeness (QED) is 0.292. The van der Waals surface area contributed by atoms with Crippen molar-refractivity contribution in [3.8, 4) is 5.75 Å². The number of aromatic amines is 1. The lowest BCUT2D eigenvalue weighted by Gasteiger charge is -2.31. The van der Waals surface area contributed by atoms with Crippen LogP contribution in [0.1, 0.15) is 40.5 Å². The van der Waals surface area contributed by atoms with Crippen LogP contribution in [0.4, 0.5) is 10.6 Å². The number of carbonyl (C=O) groups is 2. The van der Waals surface area contributed by atoms with E-state index in [-0.39, 0.29) is 23.6 Å². The fourth-order valence-electron chi connectivity index (χ4n) is 5.13. The van der Waals surface area contributed by atoms with Crippen molar-refractivity contribution < 1.29 is 19.4 Å². The summed E-state index contributed by atoms with van der Waals surface area (Å²) in [6.07, 6.45) is 2.43. The third kappa shape index (κ3) is 6.24. The van der Waals surface area contributed by atoms with Gasteiger partial charge in [-0.3, -0.25) is 9.59 Å². The SMILES string of the molecule is CN(C)C(=O)c1[nH]c2cc(Cl)ccc2c(=O)c1C(NC(=O)Oc1ccc(N2CCC(CO)CC2)nc1)c1ccccc1. The van der Waals surface area contributed by atoms with Gasteiger partial charge in [0.2, 0.25) is 0 Å². The van der Waals surface area contributed by atoms with Crippen LogP contribution in [0.5, 0.6) is 5.75 Å². The monoisotopic (exact) mass is 589 g/mol. The van der Waals surface area contributed by atoms with Crippen molar-refractivity contribution in [2.75, 3.05) is 38.7 Å². The molecule has 0 radical (unpaired) electrons. The van der Waals surface area contributed by atoms with Crippen LogP contribution in [0.3, 0.4) is 0 Å². The van der Waals surface area contributed by atoms with Crippen molar-refractivity contribution >= 4 is 40.3 Å². The number of pyridine rings is 2. The van der Waals surface area contributed by atoms with E-state index in [0.717, 1.165) is 31.7 Å². The molecule has 0 bridgehead atoms. The Hall–Kier alpha value is -4.41. The van der Waals surface area contributed by atoms with Gasteiger partial charge in [-0.15, -0.1) is 0 Å².